The third kappa shape index (κ3) is 7.29. The normalized spacial score (nSPS) is 20.9. The number of hydrogen-bond donors (Lipinski definition) is 0. The number of fused-ring (bicyclic) bond motifs is 5. The van der Waals surface area contributed by atoms with Crippen LogP contribution in [0.4, 0.5) is 11.4 Å². The zero-order valence-corrected chi connectivity index (χ0v) is 32.2. The number of aromatic nitrogens is 2. The number of thioether (sulfide) groups is 1. The zero-order valence-electron chi connectivity index (χ0n) is 31.4. The third-order valence-electron chi connectivity index (χ3n) is 10.3. The lowest BCUT2D eigenvalue weighted by atomic mass is 9.82. The van der Waals surface area contributed by atoms with Gasteiger partial charge in [-0.05, 0) is 82.1 Å². The first-order valence-electron chi connectivity index (χ1n) is 18.9. The molecule has 5 heteroatoms. The van der Waals surface area contributed by atoms with E-state index in [4.69, 9.17) is 4.98 Å². The van der Waals surface area contributed by atoms with Gasteiger partial charge < -0.3 is 9.80 Å². The van der Waals surface area contributed by atoms with E-state index >= 15 is 0 Å². The summed E-state index contributed by atoms with van der Waals surface area (Å²) in [5, 5.41) is 0.553. The molecular weight excluding hydrogens is 653 g/mol. The minimum Gasteiger partial charge on any atom is -0.362 e. The second-order valence-corrected chi connectivity index (χ2v) is 16.1. The van der Waals surface area contributed by atoms with Gasteiger partial charge in [0, 0.05) is 40.2 Å². The van der Waals surface area contributed by atoms with Gasteiger partial charge in [-0.15, -0.1) is 11.8 Å². The smallest absolute Gasteiger partial charge is 0.117 e. The molecule has 0 radical (unpaired) electrons. The molecule has 4 aromatic carbocycles. The fourth-order valence-corrected chi connectivity index (χ4v) is 9.29. The molecule has 1 aromatic heterocycles. The van der Waals surface area contributed by atoms with Crippen LogP contribution < -0.4 is 9.80 Å². The van der Waals surface area contributed by atoms with Crippen molar-refractivity contribution in [3.05, 3.63) is 163 Å². The van der Waals surface area contributed by atoms with Gasteiger partial charge in [0.25, 0.3) is 0 Å². The third-order valence-corrected chi connectivity index (χ3v) is 11.6. The van der Waals surface area contributed by atoms with E-state index in [-0.39, 0.29) is 0 Å². The molecular formula is C47H52N4S. The molecule has 4 nitrogen and oxygen atoms in total. The van der Waals surface area contributed by atoms with E-state index in [1.807, 2.05) is 23.9 Å². The molecule has 2 aliphatic heterocycles. The van der Waals surface area contributed by atoms with Crippen molar-refractivity contribution in [3.8, 4) is 5.69 Å². The molecule has 0 saturated carbocycles. The van der Waals surface area contributed by atoms with Crippen molar-refractivity contribution >= 4 is 34.2 Å². The molecule has 0 saturated heterocycles. The molecule has 0 spiro atoms. The number of benzene rings is 4. The molecule has 9 rings (SSSR count). The van der Waals surface area contributed by atoms with Crippen molar-refractivity contribution < 1.29 is 0 Å². The Morgan fingerprint density at radius 1 is 0.596 bits per heavy atom. The Labute approximate surface area is 315 Å². The number of hydrogen-bond acceptors (Lipinski definition) is 4. The molecule has 4 unspecified atom stereocenters. The largest absolute Gasteiger partial charge is 0.362 e. The number of nitrogens with zero attached hydrogens (tertiary/aromatic N) is 4. The monoisotopic (exact) mass is 704 g/mol. The Kier molecular flexibility index (Phi) is 10.9. The lowest BCUT2D eigenvalue weighted by Crippen LogP contribution is -2.47. The Hall–Kier alpha value is -4.74. The highest BCUT2D eigenvalue weighted by Crippen LogP contribution is 2.44. The van der Waals surface area contributed by atoms with Crippen LogP contribution in [-0.2, 0) is 6.42 Å². The van der Waals surface area contributed by atoms with Crippen LogP contribution in [0.1, 0.15) is 58.8 Å². The first-order valence-corrected chi connectivity index (χ1v) is 19.8. The summed E-state index contributed by atoms with van der Waals surface area (Å²) >= 11 is 1.98. The van der Waals surface area contributed by atoms with Gasteiger partial charge in [-0.2, -0.15) is 0 Å². The van der Waals surface area contributed by atoms with Crippen LogP contribution in [0, 0.1) is 5.92 Å². The maximum Gasteiger partial charge on any atom is 0.117 e. The van der Waals surface area contributed by atoms with E-state index in [0.717, 1.165) is 11.3 Å². The zero-order chi connectivity index (χ0) is 36.2. The van der Waals surface area contributed by atoms with Crippen molar-refractivity contribution in [2.45, 2.75) is 88.2 Å². The van der Waals surface area contributed by atoms with Gasteiger partial charge in [0.2, 0.25) is 0 Å². The Balaban J connectivity index is 0.000000121. The van der Waals surface area contributed by atoms with Crippen molar-refractivity contribution in [2.75, 3.05) is 9.80 Å². The topological polar surface area (TPSA) is 24.3 Å². The minimum atomic E-state index is 0.401. The summed E-state index contributed by atoms with van der Waals surface area (Å²) in [4.78, 5) is 11.3. The molecule has 4 aliphatic rings. The van der Waals surface area contributed by atoms with Crippen LogP contribution >= 0.6 is 11.8 Å². The van der Waals surface area contributed by atoms with Crippen LogP contribution in [0.25, 0.3) is 16.7 Å². The number of allylic oxidation sites excluding steroid dienone is 4. The van der Waals surface area contributed by atoms with Crippen LogP contribution in [0.2, 0.25) is 0 Å². The summed E-state index contributed by atoms with van der Waals surface area (Å²) in [7, 11) is 0. The summed E-state index contributed by atoms with van der Waals surface area (Å²) in [6.45, 7) is 13.5. The summed E-state index contributed by atoms with van der Waals surface area (Å²) in [6, 6.07) is 38.4. The highest BCUT2D eigenvalue weighted by molar-refractivity contribution is 8.00. The number of imidazole rings is 1. The molecule has 0 amide bonds. The van der Waals surface area contributed by atoms with Crippen molar-refractivity contribution in [1.29, 1.82) is 0 Å². The summed E-state index contributed by atoms with van der Waals surface area (Å²) in [5.74, 6) is 2.15. The highest BCUT2D eigenvalue weighted by atomic mass is 32.2. The van der Waals surface area contributed by atoms with E-state index in [9.17, 15) is 0 Å². The van der Waals surface area contributed by atoms with Crippen LogP contribution in [0.5, 0.6) is 0 Å². The average Bonchev–Trinajstić information content (AvgIpc) is 3.57. The van der Waals surface area contributed by atoms with E-state index in [2.05, 4.69) is 196 Å². The first kappa shape index (κ1) is 35.7. The quantitative estimate of drug-likeness (QED) is 0.186. The van der Waals surface area contributed by atoms with Crippen LogP contribution in [0.15, 0.2) is 157 Å². The molecule has 0 fully saturated rings. The van der Waals surface area contributed by atoms with Crippen molar-refractivity contribution in [2.24, 2.45) is 5.92 Å². The van der Waals surface area contributed by atoms with Gasteiger partial charge in [-0.3, -0.25) is 4.57 Å². The number of rotatable bonds is 4. The second kappa shape index (κ2) is 15.9. The van der Waals surface area contributed by atoms with Crippen molar-refractivity contribution in [3.63, 3.8) is 0 Å². The van der Waals surface area contributed by atoms with E-state index < -0.39 is 0 Å². The van der Waals surface area contributed by atoms with Gasteiger partial charge >= 0.3 is 0 Å². The van der Waals surface area contributed by atoms with Gasteiger partial charge in [-0.25, -0.2) is 4.98 Å². The molecule has 266 valence electrons. The molecule has 3 heterocycles. The highest BCUT2D eigenvalue weighted by Gasteiger charge is 2.35. The van der Waals surface area contributed by atoms with Gasteiger partial charge in [0.05, 0.1) is 34.1 Å². The predicted molar refractivity (Wildman–Crippen MR) is 224 cm³/mol. The summed E-state index contributed by atoms with van der Waals surface area (Å²) in [6.07, 6.45) is 19.2. The molecule has 52 heavy (non-hydrogen) atoms. The molecule has 0 N–H and O–H groups in total. The number of anilines is 2. The Morgan fingerprint density at radius 3 is 1.94 bits per heavy atom. The SMILES string of the molecule is CC(C)N1c2ccccc2CC2C=CC=CC21.CC(C)N1c2ccccc2SC2C=CC=CC21.CC(C)c1nc2ccccc2n1-c1ccccc1. The fraction of sp³-hybridized carbons (Fsp3) is 0.298. The van der Waals surface area contributed by atoms with E-state index in [1.165, 1.54) is 39.5 Å². The fourth-order valence-electron chi connectivity index (χ4n) is 8.02. The molecule has 2 aliphatic carbocycles. The standard InChI is InChI=1S/C16H16N2.C16H19N.C15H17NS/c1-12(2)16-17-14-10-6-7-11-15(14)18(16)13-8-4-3-5-9-13;1-12(2)17-15-9-5-3-7-13(15)11-14-8-4-6-10-16(14)17;1-11(2)16-12-7-3-5-9-14(12)17-15-10-6-4-8-13(15)16/h3-12H,1-2H3;3-10,12-13,15H,11H2,1-2H3;3-12,14H,1-2H3. The molecule has 0 bridgehead atoms. The van der Waals surface area contributed by atoms with Crippen molar-refractivity contribution in [1.82, 2.24) is 9.55 Å². The predicted octanol–water partition coefficient (Wildman–Crippen LogP) is 11.6. The minimum absolute atomic E-state index is 0.401. The summed E-state index contributed by atoms with van der Waals surface area (Å²) in [5.41, 5.74) is 7.70. The maximum absolute atomic E-state index is 4.75. The van der Waals surface area contributed by atoms with E-state index in [1.54, 1.807) is 0 Å². The maximum atomic E-state index is 4.75. The van der Waals surface area contributed by atoms with Crippen LogP contribution in [0.3, 0.4) is 0 Å². The summed E-state index contributed by atoms with van der Waals surface area (Å²) < 4.78 is 2.25. The van der Waals surface area contributed by atoms with Gasteiger partial charge in [-0.1, -0.05) is 123 Å². The first-order chi connectivity index (χ1) is 25.3. The van der Waals surface area contributed by atoms with Gasteiger partial charge in [0.15, 0.2) is 0 Å². The lowest BCUT2D eigenvalue weighted by molar-refractivity contribution is 0.469. The second-order valence-electron chi connectivity index (χ2n) is 14.9. The number of para-hydroxylation sites is 5. The molecule has 4 atom stereocenters. The Morgan fingerprint density at radius 2 is 1.19 bits per heavy atom. The Bertz CT molecular complexity index is 2000. The molecule has 5 aromatic rings. The van der Waals surface area contributed by atoms with Gasteiger partial charge in [0.1, 0.15) is 5.82 Å². The lowest BCUT2D eigenvalue weighted by Gasteiger charge is -2.45. The van der Waals surface area contributed by atoms with Crippen LogP contribution in [-0.4, -0.2) is 39.0 Å². The average molecular weight is 705 g/mol. The van der Waals surface area contributed by atoms with E-state index in [0.29, 0.717) is 41.3 Å².